The lowest BCUT2D eigenvalue weighted by atomic mass is 10.1. The van der Waals surface area contributed by atoms with Gasteiger partial charge in [-0.3, -0.25) is 0 Å². The van der Waals surface area contributed by atoms with Crippen molar-refractivity contribution in [2.75, 3.05) is 5.32 Å². The molecular weight excluding hydrogens is 243 g/mol. The summed E-state index contributed by atoms with van der Waals surface area (Å²) in [4.78, 5) is 0. The Kier molecular flexibility index (Phi) is 3.43. The quantitative estimate of drug-likeness (QED) is 0.917. The van der Waals surface area contributed by atoms with Gasteiger partial charge in [-0.1, -0.05) is 12.1 Å². The molecule has 4 nitrogen and oxygen atoms in total. The fourth-order valence-electron chi connectivity index (χ4n) is 1.55. The molecule has 0 bridgehead atoms. The van der Waals surface area contributed by atoms with Gasteiger partial charge in [-0.15, -0.1) is 10.2 Å². The topological polar surface area (TPSA) is 61.6 Å². The number of nitrogens with one attached hydrogen (secondary N) is 1. The lowest BCUT2D eigenvalue weighted by Crippen LogP contribution is -2.29. The fraction of sp³-hybridized carbons (Fsp3) is 0.214. The van der Waals surface area contributed by atoms with Crippen LogP contribution in [0, 0.1) is 17.1 Å². The van der Waals surface area contributed by atoms with Gasteiger partial charge in [-0.2, -0.15) is 5.26 Å². The summed E-state index contributed by atoms with van der Waals surface area (Å²) >= 11 is 0. The van der Waals surface area contributed by atoms with Gasteiger partial charge < -0.3 is 5.32 Å². The number of hydrogen-bond acceptors (Lipinski definition) is 4. The molecule has 0 aliphatic rings. The molecule has 0 spiro atoms. The van der Waals surface area contributed by atoms with Crippen LogP contribution >= 0.6 is 0 Å². The lowest BCUT2D eigenvalue weighted by Gasteiger charge is -2.17. The largest absolute Gasteiger partial charge is 0.351 e. The monoisotopic (exact) mass is 256 g/mol. The van der Waals surface area contributed by atoms with Crippen LogP contribution in [0.15, 0.2) is 36.4 Å². The van der Waals surface area contributed by atoms with Crippen molar-refractivity contribution < 1.29 is 4.39 Å². The Morgan fingerprint density at radius 3 is 2.58 bits per heavy atom. The third-order valence-corrected chi connectivity index (χ3v) is 2.51. The summed E-state index contributed by atoms with van der Waals surface area (Å²) in [6.45, 7) is 3.49. The van der Waals surface area contributed by atoms with E-state index in [2.05, 4.69) is 21.6 Å². The Hall–Kier alpha value is -2.48. The van der Waals surface area contributed by atoms with Crippen molar-refractivity contribution in [3.05, 3.63) is 42.2 Å². The molecule has 0 radical (unpaired) electrons. The highest BCUT2D eigenvalue weighted by Crippen LogP contribution is 2.19. The Balaban J connectivity index is 2.22. The summed E-state index contributed by atoms with van der Waals surface area (Å²) in [5, 5.41) is 19.9. The normalized spacial score (nSPS) is 10.8. The van der Waals surface area contributed by atoms with Crippen molar-refractivity contribution >= 4 is 5.82 Å². The van der Waals surface area contributed by atoms with E-state index in [9.17, 15) is 4.39 Å². The van der Waals surface area contributed by atoms with Gasteiger partial charge in [-0.05, 0) is 38.1 Å². The van der Waals surface area contributed by atoms with E-state index in [1.54, 1.807) is 38.1 Å². The van der Waals surface area contributed by atoms with Gasteiger partial charge in [0.2, 0.25) is 0 Å². The number of halogens is 1. The average Bonchev–Trinajstić information content (AvgIpc) is 2.39. The molecule has 0 aliphatic carbocycles. The maximum absolute atomic E-state index is 13.1. The second-order valence-electron chi connectivity index (χ2n) is 4.68. The highest BCUT2D eigenvalue weighted by Gasteiger charge is 2.16. The van der Waals surface area contributed by atoms with E-state index >= 15 is 0 Å². The van der Waals surface area contributed by atoms with Crippen molar-refractivity contribution in [2.24, 2.45) is 0 Å². The van der Waals surface area contributed by atoms with E-state index in [1.807, 2.05) is 0 Å². The molecule has 5 heteroatoms. The molecule has 96 valence electrons. The summed E-state index contributed by atoms with van der Waals surface area (Å²) < 4.78 is 13.1. The molecule has 0 atom stereocenters. The van der Waals surface area contributed by atoms with Crippen LogP contribution in [-0.2, 0) is 0 Å². The van der Waals surface area contributed by atoms with Crippen LogP contribution in [0.2, 0.25) is 0 Å². The number of benzene rings is 1. The van der Waals surface area contributed by atoms with Gasteiger partial charge in [0.15, 0.2) is 0 Å². The van der Waals surface area contributed by atoms with Crippen LogP contribution in [-0.4, -0.2) is 15.7 Å². The van der Waals surface area contributed by atoms with Crippen molar-refractivity contribution in [1.29, 1.82) is 5.26 Å². The van der Waals surface area contributed by atoms with Crippen LogP contribution in [0.1, 0.15) is 13.8 Å². The van der Waals surface area contributed by atoms with Crippen LogP contribution in [0.25, 0.3) is 11.3 Å². The molecule has 1 heterocycles. The number of aromatic nitrogens is 2. The Morgan fingerprint density at radius 1 is 1.21 bits per heavy atom. The number of hydrogen-bond donors (Lipinski definition) is 1. The standard InChI is InChI=1S/C14H13FN4/c1-14(2,9-16)17-13-7-6-12(18-19-13)10-4-3-5-11(15)8-10/h3-8H,1-2H3,(H,17,19). The van der Waals surface area contributed by atoms with Gasteiger partial charge in [0.1, 0.15) is 17.2 Å². The van der Waals surface area contributed by atoms with E-state index in [1.165, 1.54) is 12.1 Å². The summed E-state index contributed by atoms with van der Waals surface area (Å²) in [5.74, 6) is 0.193. The zero-order chi connectivity index (χ0) is 13.9. The number of anilines is 1. The fourth-order valence-corrected chi connectivity index (χ4v) is 1.55. The van der Waals surface area contributed by atoms with Crippen LogP contribution in [0.3, 0.4) is 0 Å². The van der Waals surface area contributed by atoms with Crippen molar-refractivity contribution in [2.45, 2.75) is 19.4 Å². The summed E-state index contributed by atoms with van der Waals surface area (Å²) in [6, 6.07) is 11.7. The van der Waals surface area contributed by atoms with Gasteiger partial charge in [0.05, 0.1) is 11.8 Å². The van der Waals surface area contributed by atoms with E-state index in [0.717, 1.165) is 0 Å². The molecule has 0 saturated heterocycles. The van der Waals surface area contributed by atoms with Gasteiger partial charge in [-0.25, -0.2) is 4.39 Å². The first-order valence-corrected chi connectivity index (χ1v) is 5.79. The molecule has 0 saturated carbocycles. The van der Waals surface area contributed by atoms with Gasteiger partial charge >= 0.3 is 0 Å². The highest BCUT2D eigenvalue weighted by molar-refractivity contribution is 5.59. The van der Waals surface area contributed by atoms with Gasteiger partial charge in [0, 0.05) is 5.56 Å². The minimum atomic E-state index is -0.713. The lowest BCUT2D eigenvalue weighted by molar-refractivity contribution is 0.628. The molecule has 1 N–H and O–H groups in total. The predicted molar refractivity (Wildman–Crippen MR) is 70.7 cm³/mol. The highest BCUT2D eigenvalue weighted by atomic mass is 19.1. The van der Waals surface area contributed by atoms with Crippen molar-refractivity contribution in [1.82, 2.24) is 10.2 Å². The smallest absolute Gasteiger partial charge is 0.149 e. The zero-order valence-corrected chi connectivity index (χ0v) is 10.7. The third-order valence-electron chi connectivity index (χ3n) is 2.51. The zero-order valence-electron chi connectivity index (χ0n) is 10.7. The molecule has 2 aromatic rings. The maximum atomic E-state index is 13.1. The van der Waals surface area contributed by atoms with E-state index in [0.29, 0.717) is 17.1 Å². The van der Waals surface area contributed by atoms with Gasteiger partial charge in [0.25, 0.3) is 0 Å². The number of nitrogens with zero attached hydrogens (tertiary/aromatic N) is 3. The number of nitriles is 1. The van der Waals surface area contributed by atoms with E-state index < -0.39 is 5.54 Å². The maximum Gasteiger partial charge on any atom is 0.149 e. The first-order valence-electron chi connectivity index (χ1n) is 5.79. The molecule has 2 rings (SSSR count). The Labute approximate surface area is 110 Å². The molecule has 1 aromatic carbocycles. The second-order valence-corrected chi connectivity index (χ2v) is 4.68. The van der Waals surface area contributed by atoms with Crippen LogP contribution in [0.4, 0.5) is 10.2 Å². The van der Waals surface area contributed by atoms with Crippen molar-refractivity contribution in [3.63, 3.8) is 0 Å². The molecule has 19 heavy (non-hydrogen) atoms. The van der Waals surface area contributed by atoms with Crippen LogP contribution in [0.5, 0.6) is 0 Å². The Bertz CT molecular complexity index is 614. The minimum Gasteiger partial charge on any atom is -0.351 e. The molecule has 1 aromatic heterocycles. The third kappa shape index (κ3) is 3.26. The van der Waals surface area contributed by atoms with E-state index in [-0.39, 0.29) is 5.82 Å². The Morgan fingerprint density at radius 2 is 2.00 bits per heavy atom. The minimum absolute atomic E-state index is 0.313. The SMILES string of the molecule is CC(C)(C#N)Nc1ccc(-c2cccc(F)c2)nn1. The van der Waals surface area contributed by atoms with E-state index in [4.69, 9.17) is 5.26 Å². The number of rotatable bonds is 3. The second kappa shape index (κ2) is 5.02. The van der Waals surface area contributed by atoms with Crippen molar-refractivity contribution in [3.8, 4) is 17.3 Å². The first kappa shape index (κ1) is 13.0. The summed E-state index contributed by atoms with van der Waals surface area (Å²) in [6.07, 6.45) is 0. The van der Waals surface area contributed by atoms with Crippen LogP contribution < -0.4 is 5.32 Å². The molecule has 0 aliphatic heterocycles. The molecule has 0 amide bonds. The molecular formula is C14H13FN4. The summed E-state index contributed by atoms with van der Waals surface area (Å²) in [5.41, 5.74) is 0.535. The summed E-state index contributed by atoms with van der Waals surface area (Å²) in [7, 11) is 0. The molecule has 0 unspecified atom stereocenters. The average molecular weight is 256 g/mol. The first-order chi connectivity index (χ1) is 9.00. The molecule has 0 fully saturated rings. The predicted octanol–water partition coefficient (Wildman–Crippen LogP) is 3.00.